The van der Waals surface area contributed by atoms with E-state index in [1.54, 1.807) is 0 Å². The fourth-order valence-electron chi connectivity index (χ4n) is 3.20. The van der Waals surface area contributed by atoms with Crippen LogP contribution in [0.25, 0.3) is 0 Å². The van der Waals surface area contributed by atoms with E-state index in [4.69, 9.17) is 4.74 Å². The third-order valence-electron chi connectivity index (χ3n) is 4.71. The van der Waals surface area contributed by atoms with Crippen LogP contribution in [0.4, 0.5) is 0 Å². The summed E-state index contributed by atoms with van der Waals surface area (Å²) in [7, 11) is 0. The van der Waals surface area contributed by atoms with E-state index in [0.29, 0.717) is 0 Å². The first-order valence-electron chi connectivity index (χ1n) is 10.2. The van der Waals surface area contributed by atoms with Crippen molar-refractivity contribution in [3.05, 3.63) is 66.2 Å². The molecule has 0 saturated carbocycles. The normalized spacial score (nSPS) is 10.7. The van der Waals surface area contributed by atoms with E-state index in [1.807, 2.05) is 30.3 Å². The maximum Gasteiger partial charge on any atom is 0.119 e. The molecule has 2 aromatic carbocycles. The van der Waals surface area contributed by atoms with Gasteiger partial charge in [-0.05, 0) is 37.0 Å². The smallest absolute Gasteiger partial charge is 0.119 e. The standard InChI is InChI=1S/C24H34O/c1(3-5-7-11-17-23-18-12-9-13-19-23)2-4-6-8-16-22-25-24-20-14-10-15-21-24/h9-10,12-15,18-21H,1-8,11,16-17,22H2. The van der Waals surface area contributed by atoms with E-state index in [0.717, 1.165) is 12.4 Å². The molecule has 0 atom stereocenters. The van der Waals surface area contributed by atoms with E-state index in [9.17, 15) is 0 Å². The van der Waals surface area contributed by atoms with E-state index in [-0.39, 0.29) is 0 Å². The van der Waals surface area contributed by atoms with Gasteiger partial charge in [-0.15, -0.1) is 0 Å². The van der Waals surface area contributed by atoms with Gasteiger partial charge < -0.3 is 4.74 Å². The van der Waals surface area contributed by atoms with Crippen LogP contribution in [-0.2, 0) is 6.42 Å². The monoisotopic (exact) mass is 338 g/mol. The Bertz CT molecular complexity index is 471. The van der Waals surface area contributed by atoms with Crippen molar-refractivity contribution in [3.63, 3.8) is 0 Å². The summed E-state index contributed by atoms with van der Waals surface area (Å²) < 4.78 is 5.72. The molecular formula is C24H34O. The second kappa shape index (κ2) is 13.5. The molecular weight excluding hydrogens is 304 g/mol. The van der Waals surface area contributed by atoms with Crippen LogP contribution in [0.2, 0.25) is 0 Å². The molecule has 0 aliphatic rings. The van der Waals surface area contributed by atoms with Crippen LogP contribution in [0.1, 0.15) is 69.8 Å². The summed E-state index contributed by atoms with van der Waals surface area (Å²) in [5.74, 6) is 0.995. The predicted molar refractivity (Wildman–Crippen MR) is 108 cm³/mol. The average Bonchev–Trinajstić information content (AvgIpc) is 2.67. The Labute approximate surface area is 154 Å². The van der Waals surface area contributed by atoms with Crippen molar-refractivity contribution >= 4 is 0 Å². The summed E-state index contributed by atoms with van der Waals surface area (Å²) >= 11 is 0. The SMILES string of the molecule is c1ccc(CCCCCCCCCCCCOc2ccccc2)cc1. The lowest BCUT2D eigenvalue weighted by atomic mass is 10.0. The molecule has 0 bridgehead atoms. The molecule has 136 valence electrons. The van der Waals surface area contributed by atoms with E-state index < -0.39 is 0 Å². The Morgan fingerprint density at radius 1 is 0.480 bits per heavy atom. The van der Waals surface area contributed by atoms with Gasteiger partial charge in [0.05, 0.1) is 6.61 Å². The van der Waals surface area contributed by atoms with Gasteiger partial charge >= 0.3 is 0 Å². The number of benzene rings is 2. The van der Waals surface area contributed by atoms with Crippen LogP contribution in [-0.4, -0.2) is 6.61 Å². The van der Waals surface area contributed by atoms with Gasteiger partial charge in [-0.3, -0.25) is 0 Å². The Kier molecular flexibility index (Phi) is 10.6. The van der Waals surface area contributed by atoms with Crippen molar-refractivity contribution in [2.24, 2.45) is 0 Å². The molecule has 1 nitrogen and oxygen atoms in total. The van der Waals surface area contributed by atoms with Crippen molar-refractivity contribution in [3.8, 4) is 5.75 Å². The van der Waals surface area contributed by atoms with Gasteiger partial charge in [-0.2, -0.15) is 0 Å². The molecule has 0 fully saturated rings. The molecule has 0 aliphatic carbocycles. The topological polar surface area (TPSA) is 9.23 Å². The average molecular weight is 339 g/mol. The fraction of sp³-hybridized carbons (Fsp3) is 0.500. The molecule has 0 aliphatic heterocycles. The van der Waals surface area contributed by atoms with Crippen molar-refractivity contribution in [1.82, 2.24) is 0 Å². The second-order valence-electron chi connectivity index (χ2n) is 6.93. The van der Waals surface area contributed by atoms with Crippen LogP contribution in [0, 0.1) is 0 Å². The molecule has 2 rings (SSSR count). The zero-order chi connectivity index (χ0) is 17.4. The van der Waals surface area contributed by atoms with Crippen molar-refractivity contribution in [2.45, 2.75) is 70.6 Å². The van der Waals surface area contributed by atoms with Crippen LogP contribution in [0.15, 0.2) is 60.7 Å². The highest BCUT2D eigenvalue weighted by Gasteiger charge is 1.96. The number of rotatable bonds is 14. The fourth-order valence-corrected chi connectivity index (χ4v) is 3.20. The third kappa shape index (κ3) is 9.96. The zero-order valence-corrected chi connectivity index (χ0v) is 15.7. The van der Waals surface area contributed by atoms with E-state index in [2.05, 4.69) is 30.3 Å². The highest BCUT2D eigenvalue weighted by atomic mass is 16.5. The number of hydrogen-bond donors (Lipinski definition) is 0. The minimum Gasteiger partial charge on any atom is -0.494 e. The lowest BCUT2D eigenvalue weighted by Gasteiger charge is -2.06. The molecule has 0 heterocycles. The summed E-state index contributed by atoms with van der Waals surface area (Å²) in [4.78, 5) is 0. The van der Waals surface area contributed by atoms with E-state index in [1.165, 1.54) is 76.2 Å². The molecule has 0 saturated heterocycles. The van der Waals surface area contributed by atoms with Crippen LogP contribution >= 0.6 is 0 Å². The zero-order valence-electron chi connectivity index (χ0n) is 15.7. The molecule has 0 radical (unpaired) electrons. The minimum absolute atomic E-state index is 0.853. The van der Waals surface area contributed by atoms with E-state index >= 15 is 0 Å². The number of ether oxygens (including phenoxy) is 1. The first kappa shape index (κ1) is 19.6. The highest BCUT2D eigenvalue weighted by Crippen LogP contribution is 2.13. The molecule has 0 unspecified atom stereocenters. The number of unbranched alkanes of at least 4 members (excludes halogenated alkanes) is 9. The van der Waals surface area contributed by atoms with Crippen molar-refractivity contribution in [2.75, 3.05) is 6.61 Å². The summed E-state index contributed by atoms with van der Waals surface area (Å²) in [6, 6.07) is 21.0. The molecule has 0 spiro atoms. The Hall–Kier alpha value is -1.76. The summed E-state index contributed by atoms with van der Waals surface area (Å²) in [5.41, 5.74) is 1.48. The van der Waals surface area contributed by atoms with Gasteiger partial charge in [-0.1, -0.05) is 99.9 Å². The maximum absolute atomic E-state index is 5.72. The third-order valence-corrected chi connectivity index (χ3v) is 4.71. The van der Waals surface area contributed by atoms with Gasteiger partial charge in [0, 0.05) is 0 Å². The minimum atomic E-state index is 0.853. The largest absolute Gasteiger partial charge is 0.494 e. The Morgan fingerprint density at radius 3 is 1.56 bits per heavy atom. The molecule has 25 heavy (non-hydrogen) atoms. The van der Waals surface area contributed by atoms with Gasteiger partial charge in [0.15, 0.2) is 0 Å². The predicted octanol–water partition coefficient (Wildman–Crippen LogP) is 7.21. The summed E-state index contributed by atoms with van der Waals surface area (Å²) in [6.45, 7) is 0.853. The lowest BCUT2D eigenvalue weighted by Crippen LogP contribution is -1.96. The second-order valence-corrected chi connectivity index (χ2v) is 6.93. The Balaban J connectivity index is 1.30. The molecule has 0 N–H and O–H groups in total. The molecule has 0 amide bonds. The number of hydrogen-bond acceptors (Lipinski definition) is 1. The first-order chi connectivity index (χ1) is 12.4. The number of aryl methyl sites for hydroxylation is 1. The summed E-state index contributed by atoms with van der Waals surface area (Å²) in [5, 5.41) is 0. The van der Waals surface area contributed by atoms with Gasteiger partial charge in [-0.25, -0.2) is 0 Å². The quantitative estimate of drug-likeness (QED) is 0.331. The van der Waals surface area contributed by atoms with Gasteiger partial charge in [0.2, 0.25) is 0 Å². The van der Waals surface area contributed by atoms with Crippen LogP contribution in [0.5, 0.6) is 5.75 Å². The van der Waals surface area contributed by atoms with Gasteiger partial charge in [0.25, 0.3) is 0 Å². The summed E-state index contributed by atoms with van der Waals surface area (Å²) in [6.07, 6.45) is 14.8. The Morgan fingerprint density at radius 2 is 0.960 bits per heavy atom. The highest BCUT2D eigenvalue weighted by molar-refractivity contribution is 5.20. The number of para-hydroxylation sites is 1. The van der Waals surface area contributed by atoms with Crippen LogP contribution in [0.3, 0.4) is 0 Å². The van der Waals surface area contributed by atoms with Gasteiger partial charge in [0.1, 0.15) is 5.75 Å². The molecule has 0 aromatic heterocycles. The van der Waals surface area contributed by atoms with Crippen LogP contribution < -0.4 is 4.74 Å². The molecule has 1 heteroatoms. The first-order valence-corrected chi connectivity index (χ1v) is 10.2. The molecule has 2 aromatic rings. The maximum atomic E-state index is 5.72. The lowest BCUT2D eigenvalue weighted by molar-refractivity contribution is 0.304. The van der Waals surface area contributed by atoms with Crippen molar-refractivity contribution in [1.29, 1.82) is 0 Å². The van der Waals surface area contributed by atoms with Crippen molar-refractivity contribution < 1.29 is 4.74 Å².